The maximum Gasteiger partial charge on any atom is 0.405 e. The average Bonchev–Trinajstić information content (AvgIpc) is 3.37. The van der Waals surface area contributed by atoms with Crippen LogP contribution in [0.15, 0.2) is 41.8 Å². The van der Waals surface area contributed by atoms with Crippen LogP contribution in [0.3, 0.4) is 0 Å². The summed E-state index contributed by atoms with van der Waals surface area (Å²) in [5.74, 6) is -1.12. The van der Waals surface area contributed by atoms with Gasteiger partial charge in [0.2, 0.25) is 5.91 Å². The number of nitrogens with one attached hydrogen (secondary N) is 3. The Morgan fingerprint density at radius 3 is 2.50 bits per heavy atom. The Labute approximate surface area is 174 Å². The number of likely N-dealkylation sites (tertiary alicyclic amines) is 1. The number of halogens is 3. The zero-order chi connectivity index (χ0) is 21.7. The molecule has 1 aromatic carbocycles. The zero-order valence-corrected chi connectivity index (χ0v) is 16.5. The van der Waals surface area contributed by atoms with Gasteiger partial charge in [0.25, 0.3) is 5.91 Å². The Morgan fingerprint density at radius 2 is 1.83 bits per heavy atom. The van der Waals surface area contributed by atoms with E-state index in [1.807, 2.05) is 5.32 Å². The number of amides is 4. The molecule has 0 bridgehead atoms. The van der Waals surface area contributed by atoms with Crippen molar-refractivity contribution in [3.63, 3.8) is 0 Å². The van der Waals surface area contributed by atoms with Gasteiger partial charge in [-0.15, -0.1) is 11.3 Å². The first kappa shape index (κ1) is 21.6. The summed E-state index contributed by atoms with van der Waals surface area (Å²) in [4.78, 5) is 38.5. The van der Waals surface area contributed by atoms with Crippen LogP contribution in [0, 0.1) is 0 Å². The van der Waals surface area contributed by atoms with Gasteiger partial charge in [-0.1, -0.05) is 12.1 Å². The molecular formula is C19H19F3N4O3S. The molecule has 3 rings (SSSR count). The average molecular weight is 440 g/mol. The van der Waals surface area contributed by atoms with Crippen LogP contribution >= 0.6 is 11.3 Å². The second-order valence-electron chi connectivity index (χ2n) is 6.63. The van der Waals surface area contributed by atoms with Crippen LogP contribution in [0.25, 0.3) is 0 Å². The molecular weight excluding hydrogens is 421 g/mol. The number of hydrogen-bond donors (Lipinski definition) is 3. The van der Waals surface area contributed by atoms with E-state index in [1.165, 1.54) is 16.2 Å². The molecule has 0 radical (unpaired) electrons. The van der Waals surface area contributed by atoms with Crippen LogP contribution in [0.4, 0.5) is 29.3 Å². The molecule has 2 heterocycles. The summed E-state index contributed by atoms with van der Waals surface area (Å²) in [7, 11) is 0. The third-order valence-corrected chi connectivity index (χ3v) is 5.26. The van der Waals surface area contributed by atoms with Crippen molar-refractivity contribution in [2.45, 2.75) is 25.1 Å². The van der Waals surface area contributed by atoms with Crippen molar-refractivity contribution in [2.75, 3.05) is 23.7 Å². The van der Waals surface area contributed by atoms with Gasteiger partial charge < -0.3 is 20.9 Å². The quantitative estimate of drug-likeness (QED) is 0.663. The Bertz CT molecular complexity index is 918. The predicted molar refractivity (Wildman–Crippen MR) is 107 cm³/mol. The van der Waals surface area contributed by atoms with E-state index >= 15 is 0 Å². The SMILES string of the molecule is O=C(Nc1cccc(NC(=O)N2CCCC2C(=O)NCC(F)(F)F)c1)c1cccs1. The maximum absolute atomic E-state index is 12.6. The summed E-state index contributed by atoms with van der Waals surface area (Å²) >= 11 is 1.29. The number of carbonyl (C=O) groups excluding carboxylic acids is 3. The number of thiophene rings is 1. The van der Waals surface area contributed by atoms with E-state index in [-0.39, 0.29) is 18.9 Å². The van der Waals surface area contributed by atoms with E-state index in [1.54, 1.807) is 41.8 Å². The van der Waals surface area contributed by atoms with Gasteiger partial charge in [0.1, 0.15) is 12.6 Å². The minimum Gasteiger partial charge on any atom is -0.345 e. The normalized spacial score (nSPS) is 16.2. The van der Waals surface area contributed by atoms with Gasteiger partial charge in [-0.05, 0) is 42.5 Å². The lowest BCUT2D eigenvalue weighted by Crippen LogP contribution is -2.49. The van der Waals surface area contributed by atoms with Crippen molar-refractivity contribution in [3.8, 4) is 0 Å². The molecule has 1 atom stereocenters. The summed E-state index contributed by atoms with van der Waals surface area (Å²) < 4.78 is 37.0. The Balaban J connectivity index is 1.61. The third-order valence-electron chi connectivity index (χ3n) is 4.40. The highest BCUT2D eigenvalue weighted by molar-refractivity contribution is 7.12. The number of hydrogen-bond acceptors (Lipinski definition) is 4. The molecule has 30 heavy (non-hydrogen) atoms. The largest absolute Gasteiger partial charge is 0.405 e. The summed E-state index contributed by atoms with van der Waals surface area (Å²) in [6.07, 6.45) is -3.72. The summed E-state index contributed by atoms with van der Waals surface area (Å²) in [5, 5.41) is 8.95. The molecule has 0 saturated carbocycles. The smallest absolute Gasteiger partial charge is 0.345 e. The van der Waals surface area contributed by atoms with Gasteiger partial charge in [-0.25, -0.2) is 4.79 Å². The van der Waals surface area contributed by atoms with Crippen molar-refractivity contribution < 1.29 is 27.6 Å². The zero-order valence-electron chi connectivity index (χ0n) is 15.7. The van der Waals surface area contributed by atoms with Gasteiger partial charge in [-0.3, -0.25) is 9.59 Å². The molecule has 3 N–H and O–H groups in total. The summed E-state index contributed by atoms with van der Waals surface area (Å²) in [5.41, 5.74) is 0.845. The molecule has 1 aliphatic rings. The van der Waals surface area contributed by atoms with Gasteiger partial charge in [-0.2, -0.15) is 13.2 Å². The highest BCUT2D eigenvalue weighted by atomic mass is 32.1. The standard InChI is InChI=1S/C19H19F3N4O3S/c20-19(21,22)11-23-16(27)14-6-2-8-26(14)18(29)25-13-5-1-4-12(10-13)24-17(28)15-7-3-9-30-15/h1,3-5,7,9-10,14H,2,6,8,11H2,(H,23,27)(H,24,28)(H,25,29). The second-order valence-corrected chi connectivity index (χ2v) is 7.57. The van der Waals surface area contributed by atoms with E-state index in [0.29, 0.717) is 22.7 Å². The fourth-order valence-electron chi connectivity index (χ4n) is 3.06. The number of carbonyl (C=O) groups is 3. The molecule has 4 amide bonds. The monoisotopic (exact) mass is 440 g/mol. The lowest BCUT2D eigenvalue weighted by Gasteiger charge is -2.24. The van der Waals surface area contributed by atoms with Gasteiger partial charge >= 0.3 is 12.2 Å². The second kappa shape index (κ2) is 9.16. The number of alkyl halides is 3. The first-order valence-electron chi connectivity index (χ1n) is 9.10. The first-order valence-corrected chi connectivity index (χ1v) is 9.98. The van der Waals surface area contributed by atoms with Crippen molar-refractivity contribution in [1.29, 1.82) is 0 Å². The van der Waals surface area contributed by atoms with Gasteiger partial charge in [0, 0.05) is 17.9 Å². The van der Waals surface area contributed by atoms with E-state index in [4.69, 9.17) is 0 Å². The first-order chi connectivity index (χ1) is 14.2. The minimum atomic E-state index is -4.52. The molecule has 1 unspecified atom stereocenters. The molecule has 1 fully saturated rings. The highest BCUT2D eigenvalue weighted by Crippen LogP contribution is 2.22. The highest BCUT2D eigenvalue weighted by Gasteiger charge is 2.36. The molecule has 0 aliphatic carbocycles. The lowest BCUT2D eigenvalue weighted by atomic mass is 10.2. The molecule has 160 valence electrons. The summed E-state index contributed by atoms with van der Waals surface area (Å²) in [6.45, 7) is -1.19. The van der Waals surface area contributed by atoms with E-state index in [2.05, 4.69) is 10.6 Å². The fourth-order valence-corrected chi connectivity index (χ4v) is 3.68. The van der Waals surface area contributed by atoms with E-state index in [0.717, 1.165) is 0 Å². The number of urea groups is 1. The van der Waals surface area contributed by atoms with Crippen molar-refractivity contribution in [1.82, 2.24) is 10.2 Å². The van der Waals surface area contributed by atoms with Crippen LogP contribution in [0.1, 0.15) is 22.5 Å². The van der Waals surface area contributed by atoms with Crippen molar-refractivity contribution in [2.24, 2.45) is 0 Å². The third kappa shape index (κ3) is 5.72. The van der Waals surface area contributed by atoms with E-state index < -0.39 is 30.7 Å². The van der Waals surface area contributed by atoms with Crippen molar-refractivity contribution in [3.05, 3.63) is 46.7 Å². The van der Waals surface area contributed by atoms with Crippen LogP contribution in [-0.2, 0) is 4.79 Å². The van der Waals surface area contributed by atoms with Crippen LogP contribution < -0.4 is 16.0 Å². The number of anilines is 2. The molecule has 1 aromatic heterocycles. The van der Waals surface area contributed by atoms with Crippen molar-refractivity contribution >= 4 is 40.6 Å². The molecule has 0 spiro atoms. The molecule has 11 heteroatoms. The molecule has 1 saturated heterocycles. The number of rotatable bonds is 5. The van der Waals surface area contributed by atoms with Crippen LogP contribution in [0.5, 0.6) is 0 Å². The fraction of sp³-hybridized carbons (Fsp3) is 0.316. The van der Waals surface area contributed by atoms with E-state index in [9.17, 15) is 27.6 Å². The van der Waals surface area contributed by atoms with Gasteiger partial charge in [0.05, 0.1) is 4.88 Å². The molecule has 7 nitrogen and oxygen atoms in total. The Morgan fingerprint density at radius 1 is 1.10 bits per heavy atom. The number of nitrogens with zero attached hydrogens (tertiary/aromatic N) is 1. The van der Waals surface area contributed by atoms with Gasteiger partial charge in [0.15, 0.2) is 0 Å². The van der Waals surface area contributed by atoms with Crippen LogP contribution in [0.2, 0.25) is 0 Å². The maximum atomic E-state index is 12.6. The lowest BCUT2D eigenvalue weighted by molar-refractivity contribution is -0.140. The summed E-state index contributed by atoms with van der Waals surface area (Å²) in [6, 6.07) is 8.33. The Kier molecular flexibility index (Phi) is 6.60. The van der Waals surface area contributed by atoms with Crippen LogP contribution in [-0.4, -0.2) is 48.1 Å². The molecule has 2 aromatic rings. The number of benzene rings is 1. The Hall–Kier alpha value is -3.08. The predicted octanol–water partition coefficient (Wildman–Crippen LogP) is 3.68. The molecule has 1 aliphatic heterocycles. The minimum absolute atomic E-state index is 0.255. The topological polar surface area (TPSA) is 90.5 Å².